The van der Waals surface area contributed by atoms with Gasteiger partial charge in [-0.3, -0.25) is 14.2 Å². The van der Waals surface area contributed by atoms with Gasteiger partial charge in [0.2, 0.25) is 5.91 Å². The van der Waals surface area contributed by atoms with Crippen LogP contribution in [0.5, 0.6) is 0 Å². The van der Waals surface area contributed by atoms with E-state index in [1.54, 1.807) is 30.5 Å². The Morgan fingerprint density at radius 1 is 1.11 bits per heavy atom. The molecule has 0 bridgehead atoms. The van der Waals surface area contributed by atoms with E-state index < -0.39 is 0 Å². The Morgan fingerprint density at radius 3 is 2.08 bits per heavy atom. The van der Waals surface area contributed by atoms with Crippen LogP contribution in [0, 0.1) is 5.92 Å². The summed E-state index contributed by atoms with van der Waals surface area (Å²) in [5, 5.41) is 4.04. The lowest BCUT2D eigenvalue weighted by molar-refractivity contribution is -0.122. The van der Waals surface area contributed by atoms with E-state index in [-0.39, 0.29) is 25.2 Å². The molecule has 212 valence electrons. The summed E-state index contributed by atoms with van der Waals surface area (Å²) in [7, 11) is 0.500. The van der Waals surface area contributed by atoms with Crippen LogP contribution in [0.1, 0.15) is 105 Å². The van der Waals surface area contributed by atoms with Gasteiger partial charge in [0.15, 0.2) is 0 Å². The van der Waals surface area contributed by atoms with Gasteiger partial charge in [0.1, 0.15) is 0 Å². The molecule has 5 heteroatoms. The van der Waals surface area contributed by atoms with Crippen molar-refractivity contribution < 1.29 is 9.18 Å². The van der Waals surface area contributed by atoms with Crippen molar-refractivity contribution in [3.05, 3.63) is 79.2 Å². The zero-order chi connectivity index (χ0) is 28.9. The molecular weight excluding hydrogens is 461 g/mol. The van der Waals surface area contributed by atoms with Crippen LogP contribution < -0.4 is 5.43 Å². The SMILES string of the molecule is C.C=CC.C=CC(/C=N/NC(=O)C1CC1c1cnc(C=C)c(C=C)c1)=C\CCC.CC.CC.CC.CF. The third-order valence-electron chi connectivity index (χ3n) is 4.23. The maximum absolute atomic E-state index is 12.2. The average molecular weight is 518 g/mol. The summed E-state index contributed by atoms with van der Waals surface area (Å²) in [5.41, 5.74) is 6.33. The van der Waals surface area contributed by atoms with Crippen molar-refractivity contribution in [1.82, 2.24) is 10.4 Å². The second-order valence-electron chi connectivity index (χ2n) is 6.44. The van der Waals surface area contributed by atoms with Crippen LogP contribution >= 0.6 is 0 Å². The van der Waals surface area contributed by atoms with Gasteiger partial charge in [0.05, 0.1) is 19.1 Å². The van der Waals surface area contributed by atoms with Gasteiger partial charge in [-0.2, -0.15) is 5.10 Å². The number of alkyl halides is 1. The fraction of sp³-hybridized carbons (Fsp3) is 0.469. The number of nitrogens with zero attached hydrogens (tertiary/aromatic N) is 2. The zero-order valence-corrected chi connectivity index (χ0v) is 24.4. The Labute approximate surface area is 229 Å². The number of rotatable bonds is 9. The van der Waals surface area contributed by atoms with Crippen molar-refractivity contribution in [3.63, 3.8) is 0 Å². The standard InChI is InChI=1S/C21H25N3O.C3H6.3C2H6.CH3F.CH4/c1-5-9-10-15(6-2)13-23-24-21(25)19-12-18(19)17-11-16(7-3)20(8-4)22-14-17;1-3-2;4*1-2;/h6-8,10-11,13-14,18-19H,2-5,9,12H2,1H3,(H,24,25);3H,1H2,2H3;3*1-2H3;1H3;1H4/b15-10+,23-13+;;;;;;. The summed E-state index contributed by atoms with van der Waals surface area (Å²) >= 11 is 0. The minimum atomic E-state index is -0.0619. The molecule has 2 atom stereocenters. The number of pyridine rings is 1. The smallest absolute Gasteiger partial charge is 0.243 e. The summed E-state index contributed by atoms with van der Waals surface area (Å²) in [4.78, 5) is 16.6. The lowest BCUT2D eigenvalue weighted by Gasteiger charge is -2.04. The van der Waals surface area contributed by atoms with Gasteiger partial charge in [-0.1, -0.05) is 106 Å². The topological polar surface area (TPSA) is 54.4 Å². The summed E-state index contributed by atoms with van der Waals surface area (Å²) in [5.74, 6) is 0.0703. The molecule has 1 aliphatic carbocycles. The molecule has 1 aromatic rings. The fourth-order valence-corrected chi connectivity index (χ4v) is 2.65. The Bertz CT molecular complexity index is 782. The van der Waals surface area contributed by atoms with E-state index in [0.717, 1.165) is 41.7 Å². The number of allylic oxidation sites excluding steroid dienone is 4. The number of hydrogen-bond donors (Lipinski definition) is 1. The van der Waals surface area contributed by atoms with E-state index in [1.807, 2.05) is 66.8 Å². The van der Waals surface area contributed by atoms with Crippen LogP contribution in [-0.4, -0.2) is 24.3 Å². The molecule has 0 aromatic carbocycles. The Kier molecular flexibility index (Phi) is 39.1. The lowest BCUT2D eigenvalue weighted by atomic mass is 10.1. The van der Waals surface area contributed by atoms with E-state index in [4.69, 9.17) is 0 Å². The molecule has 2 rings (SSSR count). The van der Waals surface area contributed by atoms with Crippen molar-refractivity contribution in [2.75, 3.05) is 7.18 Å². The van der Waals surface area contributed by atoms with Crippen LogP contribution in [-0.2, 0) is 4.79 Å². The highest BCUT2D eigenvalue weighted by molar-refractivity contribution is 5.86. The van der Waals surface area contributed by atoms with E-state index in [0.29, 0.717) is 7.18 Å². The van der Waals surface area contributed by atoms with Crippen molar-refractivity contribution in [1.29, 1.82) is 0 Å². The number of hydrazone groups is 1. The summed E-state index contributed by atoms with van der Waals surface area (Å²) in [6.45, 7) is 30.7. The number of nitrogens with one attached hydrogen (secondary N) is 1. The number of carbonyl (C=O) groups excluding carboxylic acids is 1. The van der Waals surface area contributed by atoms with Crippen LogP contribution in [0.3, 0.4) is 0 Å². The molecule has 1 aromatic heterocycles. The van der Waals surface area contributed by atoms with Crippen molar-refractivity contribution in [3.8, 4) is 0 Å². The summed E-state index contributed by atoms with van der Waals surface area (Å²) in [6.07, 6.45) is 15.3. The minimum absolute atomic E-state index is 0. The molecule has 1 heterocycles. The quantitative estimate of drug-likeness (QED) is 0.153. The molecule has 0 aliphatic heterocycles. The van der Waals surface area contributed by atoms with Gasteiger partial charge in [-0.05, 0) is 54.5 Å². The highest BCUT2D eigenvalue weighted by atomic mass is 19.1. The van der Waals surface area contributed by atoms with E-state index in [9.17, 15) is 9.18 Å². The first-order valence-electron chi connectivity index (χ1n) is 12.9. The van der Waals surface area contributed by atoms with Crippen molar-refractivity contribution in [2.24, 2.45) is 11.0 Å². The minimum Gasteiger partial charge on any atom is -0.273 e. The molecule has 1 amide bonds. The first kappa shape index (κ1) is 44.0. The second kappa shape index (κ2) is 32.9. The molecule has 0 radical (unpaired) electrons. The van der Waals surface area contributed by atoms with Gasteiger partial charge in [-0.15, -0.1) is 6.58 Å². The maximum Gasteiger partial charge on any atom is 0.243 e. The molecule has 0 saturated heterocycles. The molecular formula is C32H56FN3O. The number of aromatic nitrogens is 1. The third kappa shape index (κ3) is 19.7. The highest BCUT2D eigenvalue weighted by Crippen LogP contribution is 2.47. The maximum atomic E-state index is 12.2. The van der Waals surface area contributed by atoms with Crippen molar-refractivity contribution >= 4 is 24.3 Å². The van der Waals surface area contributed by atoms with Crippen molar-refractivity contribution in [2.45, 2.75) is 88.0 Å². The number of halogens is 1. The molecule has 0 spiro atoms. The number of carbonyl (C=O) groups is 1. The average Bonchev–Trinajstić information content (AvgIpc) is 3.76. The van der Waals surface area contributed by atoms with Gasteiger partial charge in [0, 0.05) is 12.1 Å². The predicted molar refractivity (Wildman–Crippen MR) is 169 cm³/mol. The Hall–Kier alpha value is -3.08. The predicted octanol–water partition coefficient (Wildman–Crippen LogP) is 9.98. The molecule has 1 fully saturated rings. The first-order chi connectivity index (χ1) is 17.6. The Morgan fingerprint density at radius 2 is 1.65 bits per heavy atom. The lowest BCUT2D eigenvalue weighted by Crippen LogP contribution is -2.20. The molecule has 37 heavy (non-hydrogen) atoms. The van der Waals surface area contributed by atoms with Crippen LogP contribution in [0.2, 0.25) is 0 Å². The van der Waals surface area contributed by atoms with E-state index in [1.165, 1.54) is 0 Å². The monoisotopic (exact) mass is 517 g/mol. The van der Waals surface area contributed by atoms with E-state index >= 15 is 0 Å². The highest BCUT2D eigenvalue weighted by Gasteiger charge is 2.44. The molecule has 4 nitrogen and oxygen atoms in total. The second-order valence-corrected chi connectivity index (χ2v) is 6.44. The number of hydrogen-bond acceptors (Lipinski definition) is 3. The van der Waals surface area contributed by atoms with Gasteiger partial charge < -0.3 is 0 Å². The number of unbranched alkanes of at least 4 members (excludes halogenated alkanes) is 1. The van der Waals surface area contributed by atoms with Crippen LogP contribution in [0.25, 0.3) is 12.2 Å². The molecule has 1 saturated carbocycles. The van der Waals surface area contributed by atoms with Crippen LogP contribution in [0.4, 0.5) is 4.39 Å². The summed E-state index contributed by atoms with van der Waals surface area (Å²) in [6, 6.07) is 2.03. The molecule has 1 aliphatic rings. The largest absolute Gasteiger partial charge is 0.273 e. The molecule has 1 N–H and O–H groups in total. The zero-order valence-electron chi connectivity index (χ0n) is 24.4. The molecule has 2 unspecified atom stereocenters. The Balaban J connectivity index is -0.000000250. The van der Waals surface area contributed by atoms with Gasteiger partial charge in [-0.25, -0.2) is 5.43 Å². The van der Waals surface area contributed by atoms with Gasteiger partial charge >= 0.3 is 0 Å². The number of amides is 1. The van der Waals surface area contributed by atoms with E-state index in [2.05, 4.69) is 48.8 Å². The van der Waals surface area contributed by atoms with Gasteiger partial charge in [0.25, 0.3) is 0 Å². The van der Waals surface area contributed by atoms with Crippen LogP contribution in [0.15, 0.2) is 67.5 Å². The fourth-order valence-electron chi connectivity index (χ4n) is 2.65. The normalized spacial score (nSPS) is 14.2. The third-order valence-corrected chi connectivity index (χ3v) is 4.23. The first-order valence-corrected chi connectivity index (χ1v) is 12.9. The summed E-state index contributed by atoms with van der Waals surface area (Å²) < 4.78 is 9.50.